The van der Waals surface area contributed by atoms with Crippen molar-refractivity contribution in [2.24, 2.45) is 0 Å². The van der Waals surface area contributed by atoms with Gasteiger partial charge in [0.2, 0.25) is 0 Å². The monoisotopic (exact) mass is 468 g/mol. The minimum Gasteiger partial charge on any atom is -0.354 e. The fourth-order valence-corrected chi connectivity index (χ4v) is 5.72. The van der Waals surface area contributed by atoms with Gasteiger partial charge >= 0.3 is 0 Å². The normalized spacial score (nSPS) is 13.3. The Labute approximate surface area is 211 Å². The summed E-state index contributed by atoms with van der Waals surface area (Å²) < 4.78 is 0. The SMILES string of the molecule is CC(C)(C)c1ccc2cc3c(cc2c1)[nH]c1cc2c(cc13)[nH]c1cc3cc(C(C)(C)C)ccc3cc12. The van der Waals surface area contributed by atoms with E-state index in [0.29, 0.717) is 0 Å². The van der Waals surface area contributed by atoms with Gasteiger partial charge in [0.1, 0.15) is 0 Å². The number of hydrogen-bond donors (Lipinski definition) is 2. The van der Waals surface area contributed by atoms with Crippen LogP contribution in [0.4, 0.5) is 0 Å². The average Bonchev–Trinajstić information content (AvgIpc) is 3.33. The van der Waals surface area contributed by atoms with Crippen molar-refractivity contribution in [1.82, 2.24) is 9.97 Å². The van der Waals surface area contributed by atoms with Crippen molar-refractivity contribution in [3.8, 4) is 0 Å². The molecule has 178 valence electrons. The molecule has 2 heterocycles. The Morgan fingerprint density at radius 3 is 1.14 bits per heavy atom. The quantitative estimate of drug-likeness (QED) is 0.222. The van der Waals surface area contributed by atoms with Crippen LogP contribution < -0.4 is 0 Å². The van der Waals surface area contributed by atoms with E-state index in [2.05, 4.69) is 124 Å². The van der Waals surface area contributed by atoms with Crippen LogP contribution in [0.2, 0.25) is 0 Å². The zero-order chi connectivity index (χ0) is 25.0. The third-order valence-corrected chi connectivity index (χ3v) is 7.96. The van der Waals surface area contributed by atoms with Gasteiger partial charge in [-0.2, -0.15) is 0 Å². The van der Waals surface area contributed by atoms with Crippen LogP contribution in [0.3, 0.4) is 0 Å². The maximum absolute atomic E-state index is 3.72. The van der Waals surface area contributed by atoms with E-state index in [4.69, 9.17) is 0 Å². The smallest absolute Gasteiger partial charge is 0.0472 e. The molecule has 0 saturated heterocycles. The van der Waals surface area contributed by atoms with Gasteiger partial charge in [0.05, 0.1) is 0 Å². The van der Waals surface area contributed by atoms with Crippen molar-refractivity contribution in [1.29, 1.82) is 0 Å². The van der Waals surface area contributed by atoms with Crippen molar-refractivity contribution in [3.63, 3.8) is 0 Å². The second kappa shape index (κ2) is 6.91. The highest BCUT2D eigenvalue weighted by Gasteiger charge is 2.17. The molecular formula is C34H32N2. The highest BCUT2D eigenvalue weighted by atomic mass is 14.7. The third kappa shape index (κ3) is 3.17. The molecule has 2 aromatic heterocycles. The molecule has 7 rings (SSSR count). The number of fused-ring (bicyclic) bond motifs is 8. The summed E-state index contributed by atoms with van der Waals surface area (Å²) in [5.41, 5.74) is 7.78. The summed E-state index contributed by atoms with van der Waals surface area (Å²) in [6, 6.07) is 27.7. The predicted octanol–water partition coefficient (Wildman–Crippen LogP) is 9.86. The Bertz CT molecular complexity index is 1850. The number of rotatable bonds is 0. The van der Waals surface area contributed by atoms with Crippen LogP contribution in [0.15, 0.2) is 72.8 Å². The molecular weight excluding hydrogens is 436 g/mol. The van der Waals surface area contributed by atoms with E-state index in [0.717, 1.165) is 0 Å². The number of benzene rings is 5. The third-order valence-electron chi connectivity index (χ3n) is 7.96. The molecule has 0 amide bonds. The van der Waals surface area contributed by atoms with Crippen LogP contribution in [0.1, 0.15) is 52.7 Å². The summed E-state index contributed by atoms with van der Waals surface area (Å²) >= 11 is 0. The average molecular weight is 469 g/mol. The zero-order valence-corrected chi connectivity index (χ0v) is 21.9. The number of H-pyrrole nitrogens is 2. The van der Waals surface area contributed by atoms with Crippen molar-refractivity contribution in [2.75, 3.05) is 0 Å². The molecule has 0 fully saturated rings. The number of hydrogen-bond acceptors (Lipinski definition) is 0. The first kappa shape index (κ1) is 21.5. The summed E-state index contributed by atoms with van der Waals surface area (Å²) in [6.45, 7) is 13.6. The molecule has 0 aliphatic carbocycles. The molecule has 0 saturated carbocycles. The van der Waals surface area contributed by atoms with Gasteiger partial charge in [-0.15, -0.1) is 0 Å². The Balaban J connectivity index is 1.46. The molecule has 0 spiro atoms. The lowest BCUT2D eigenvalue weighted by atomic mass is 9.86. The first-order valence-corrected chi connectivity index (χ1v) is 12.9. The molecule has 0 bridgehead atoms. The highest BCUT2D eigenvalue weighted by Crippen LogP contribution is 2.37. The zero-order valence-electron chi connectivity index (χ0n) is 21.9. The second-order valence-electron chi connectivity index (χ2n) is 12.6. The molecule has 2 nitrogen and oxygen atoms in total. The van der Waals surface area contributed by atoms with Gasteiger partial charge in [-0.05, 0) is 79.9 Å². The van der Waals surface area contributed by atoms with Gasteiger partial charge in [-0.3, -0.25) is 0 Å². The first-order valence-electron chi connectivity index (χ1n) is 12.9. The van der Waals surface area contributed by atoms with E-state index in [-0.39, 0.29) is 10.8 Å². The lowest BCUT2D eigenvalue weighted by Gasteiger charge is -2.19. The van der Waals surface area contributed by atoms with E-state index in [1.54, 1.807) is 0 Å². The standard InChI is InChI=1S/C34H32N2/c1-33(2,3)23-9-7-19-13-25-27-17-32-28(18-31(27)35-29(25)15-21(19)11-23)26-14-20-8-10-24(34(4,5)6)12-22(20)16-30(26)36-32/h7-18,35-36H,1-6H3. The van der Waals surface area contributed by atoms with Crippen molar-refractivity contribution < 1.29 is 0 Å². The van der Waals surface area contributed by atoms with Crippen molar-refractivity contribution in [3.05, 3.63) is 83.9 Å². The van der Waals surface area contributed by atoms with Gasteiger partial charge in [-0.25, -0.2) is 0 Å². The van der Waals surface area contributed by atoms with Gasteiger partial charge in [-0.1, -0.05) is 77.9 Å². The lowest BCUT2D eigenvalue weighted by Crippen LogP contribution is -2.10. The summed E-state index contributed by atoms with van der Waals surface area (Å²) in [7, 11) is 0. The molecule has 0 aliphatic heterocycles. The number of nitrogens with one attached hydrogen (secondary N) is 2. The molecule has 36 heavy (non-hydrogen) atoms. The molecule has 7 aromatic rings. The Hall–Kier alpha value is -3.78. The van der Waals surface area contributed by atoms with Crippen molar-refractivity contribution >= 4 is 65.2 Å². The van der Waals surface area contributed by atoms with Crippen LogP contribution in [-0.4, -0.2) is 9.97 Å². The fraction of sp³-hybridized carbons (Fsp3) is 0.235. The van der Waals surface area contributed by atoms with E-state index in [1.165, 1.54) is 76.3 Å². The van der Waals surface area contributed by atoms with Gasteiger partial charge in [0, 0.05) is 43.6 Å². The summed E-state index contributed by atoms with van der Waals surface area (Å²) in [5.74, 6) is 0. The van der Waals surface area contributed by atoms with Crippen LogP contribution in [0.5, 0.6) is 0 Å². The Kier molecular flexibility index (Phi) is 4.13. The molecule has 2 N–H and O–H groups in total. The summed E-state index contributed by atoms with van der Waals surface area (Å²) in [4.78, 5) is 7.44. The minimum absolute atomic E-state index is 0.141. The summed E-state index contributed by atoms with van der Waals surface area (Å²) in [5, 5.41) is 10.2. The molecule has 0 unspecified atom stereocenters. The van der Waals surface area contributed by atoms with Crippen LogP contribution in [0.25, 0.3) is 65.2 Å². The Morgan fingerprint density at radius 1 is 0.389 bits per heavy atom. The predicted molar refractivity (Wildman–Crippen MR) is 158 cm³/mol. The maximum Gasteiger partial charge on any atom is 0.0472 e. The fourth-order valence-electron chi connectivity index (χ4n) is 5.72. The van der Waals surface area contributed by atoms with Crippen LogP contribution >= 0.6 is 0 Å². The Morgan fingerprint density at radius 2 is 0.750 bits per heavy atom. The van der Waals surface area contributed by atoms with E-state index < -0.39 is 0 Å². The molecule has 0 atom stereocenters. The molecule has 2 heteroatoms. The first-order chi connectivity index (χ1) is 17.0. The molecule has 0 aliphatic rings. The van der Waals surface area contributed by atoms with Gasteiger partial charge in [0.15, 0.2) is 0 Å². The van der Waals surface area contributed by atoms with Crippen LogP contribution in [0, 0.1) is 0 Å². The second-order valence-corrected chi connectivity index (χ2v) is 12.6. The minimum atomic E-state index is 0.141. The van der Waals surface area contributed by atoms with E-state index >= 15 is 0 Å². The maximum atomic E-state index is 3.72. The van der Waals surface area contributed by atoms with Gasteiger partial charge in [0.25, 0.3) is 0 Å². The van der Waals surface area contributed by atoms with Gasteiger partial charge < -0.3 is 9.97 Å². The molecule has 5 aromatic carbocycles. The highest BCUT2D eigenvalue weighted by molar-refractivity contribution is 6.20. The van der Waals surface area contributed by atoms with E-state index in [9.17, 15) is 0 Å². The topological polar surface area (TPSA) is 31.6 Å². The number of aromatic amines is 2. The number of aromatic nitrogens is 2. The van der Waals surface area contributed by atoms with E-state index in [1.807, 2.05) is 0 Å². The largest absolute Gasteiger partial charge is 0.354 e. The lowest BCUT2D eigenvalue weighted by molar-refractivity contribution is 0.591. The summed E-state index contributed by atoms with van der Waals surface area (Å²) in [6.07, 6.45) is 0. The molecule has 0 radical (unpaired) electrons. The van der Waals surface area contributed by atoms with Crippen molar-refractivity contribution in [2.45, 2.75) is 52.4 Å². The van der Waals surface area contributed by atoms with Crippen LogP contribution in [-0.2, 0) is 10.8 Å².